The van der Waals surface area contributed by atoms with E-state index < -0.39 is 10.0 Å². The number of thioether (sulfide) groups is 1. The lowest BCUT2D eigenvalue weighted by atomic mass is 10.2. The lowest BCUT2D eigenvalue weighted by Gasteiger charge is -2.17. The van der Waals surface area contributed by atoms with Crippen LogP contribution in [0.15, 0.2) is 53.4 Å². The summed E-state index contributed by atoms with van der Waals surface area (Å²) in [5.74, 6) is 0.557. The number of amides is 1. The van der Waals surface area contributed by atoms with Gasteiger partial charge in [-0.3, -0.25) is 9.52 Å². The number of hydrogen-bond acceptors (Lipinski definition) is 4. The van der Waals surface area contributed by atoms with Crippen LogP contribution in [0, 0.1) is 0 Å². The number of hydrogen-bond donors (Lipinski definition) is 2. The van der Waals surface area contributed by atoms with Crippen molar-refractivity contribution in [2.24, 2.45) is 0 Å². The maximum Gasteiger partial charge on any atom is 0.261 e. The molecule has 0 unspecified atom stereocenters. The predicted molar refractivity (Wildman–Crippen MR) is 113 cm³/mol. The van der Waals surface area contributed by atoms with Gasteiger partial charge in [0.1, 0.15) is 0 Å². The van der Waals surface area contributed by atoms with Crippen molar-refractivity contribution in [3.05, 3.63) is 59.1 Å². The van der Waals surface area contributed by atoms with E-state index in [0.717, 1.165) is 5.75 Å². The van der Waals surface area contributed by atoms with Crippen molar-refractivity contribution >= 4 is 45.0 Å². The Labute approximate surface area is 169 Å². The van der Waals surface area contributed by atoms with Crippen molar-refractivity contribution in [3.8, 4) is 0 Å². The number of nitrogens with one attached hydrogen (secondary N) is 2. The molecular formula is C19H23ClN2O3S2. The summed E-state index contributed by atoms with van der Waals surface area (Å²) < 4.78 is 27.3. The molecule has 0 saturated carbocycles. The largest absolute Gasteiger partial charge is 0.351 e. The summed E-state index contributed by atoms with van der Waals surface area (Å²) in [6.07, 6.45) is 0. The van der Waals surface area contributed by atoms with E-state index in [4.69, 9.17) is 11.6 Å². The number of carbonyl (C=O) groups excluding carboxylic acids is 1. The van der Waals surface area contributed by atoms with Gasteiger partial charge >= 0.3 is 0 Å². The third-order valence-corrected chi connectivity index (χ3v) is 6.42. The van der Waals surface area contributed by atoms with Gasteiger partial charge in [0.2, 0.25) is 0 Å². The van der Waals surface area contributed by atoms with Crippen LogP contribution in [0.1, 0.15) is 31.1 Å². The lowest BCUT2D eigenvalue weighted by molar-refractivity contribution is 0.0956. The van der Waals surface area contributed by atoms with Crippen LogP contribution >= 0.6 is 23.4 Å². The second-order valence-corrected chi connectivity index (χ2v) is 10.8. The Hall–Kier alpha value is -1.70. The fourth-order valence-electron chi connectivity index (χ4n) is 2.17. The van der Waals surface area contributed by atoms with Gasteiger partial charge in [-0.05, 0) is 30.3 Å². The molecule has 0 saturated heterocycles. The molecule has 0 fully saturated rings. The molecule has 5 nitrogen and oxygen atoms in total. The summed E-state index contributed by atoms with van der Waals surface area (Å²) in [5.41, 5.74) is 0.601. The zero-order valence-electron chi connectivity index (χ0n) is 15.5. The highest BCUT2D eigenvalue weighted by Crippen LogP contribution is 2.26. The Morgan fingerprint density at radius 1 is 1.11 bits per heavy atom. The van der Waals surface area contributed by atoms with E-state index >= 15 is 0 Å². The van der Waals surface area contributed by atoms with Gasteiger partial charge in [0.05, 0.1) is 15.6 Å². The van der Waals surface area contributed by atoms with Crippen molar-refractivity contribution < 1.29 is 13.2 Å². The average Bonchev–Trinajstić information content (AvgIpc) is 2.60. The Morgan fingerprint density at radius 3 is 2.37 bits per heavy atom. The molecule has 2 aromatic rings. The highest BCUT2D eigenvalue weighted by atomic mass is 35.5. The standard InChI is InChI=1S/C19H23ClN2O3S2/c1-19(2,3)26-12-11-21-18(23)14-9-10-17(16(20)13-14)22-27(24,25)15-7-5-4-6-8-15/h4-10,13,22H,11-12H2,1-3H3,(H,21,23). The lowest BCUT2D eigenvalue weighted by Crippen LogP contribution is -2.27. The minimum atomic E-state index is -3.74. The highest BCUT2D eigenvalue weighted by Gasteiger charge is 2.16. The molecule has 0 aliphatic heterocycles. The fourth-order valence-corrected chi connectivity index (χ4v) is 4.37. The zero-order chi connectivity index (χ0) is 20.1. The van der Waals surface area contributed by atoms with Crippen LogP contribution < -0.4 is 10.0 Å². The first kappa shape index (κ1) is 21.6. The molecule has 27 heavy (non-hydrogen) atoms. The number of benzene rings is 2. The Bertz CT molecular complexity index is 895. The number of carbonyl (C=O) groups is 1. The first-order valence-corrected chi connectivity index (χ1v) is 11.2. The van der Waals surface area contributed by atoms with Crippen LogP contribution in [0.5, 0.6) is 0 Å². The second kappa shape index (κ2) is 8.99. The Balaban J connectivity index is 2.02. The molecule has 146 valence electrons. The minimum absolute atomic E-state index is 0.138. The summed E-state index contributed by atoms with van der Waals surface area (Å²) in [7, 11) is -3.74. The summed E-state index contributed by atoms with van der Waals surface area (Å²) in [4.78, 5) is 12.4. The second-order valence-electron chi connectivity index (χ2n) is 6.83. The topological polar surface area (TPSA) is 75.3 Å². The molecule has 2 aromatic carbocycles. The normalized spacial score (nSPS) is 11.9. The Morgan fingerprint density at radius 2 is 1.78 bits per heavy atom. The van der Waals surface area contributed by atoms with E-state index in [1.54, 1.807) is 36.0 Å². The molecule has 0 bridgehead atoms. The smallest absolute Gasteiger partial charge is 0.261 e. The van der Waals surface area contributed by atoms with Gasteiger partial charge in [0.15, 0.2) is 0 Å². The molecule has 0 aliphatic rings. The van der Waals surface area contributed by atoms with Crippen molar-refractivity contribution in [2.75, 3.05) is 17.0 Å². The van der Waals surface area contributed by atoms with E-state index in [1.165, 1.54) is 24.3 Å². The molecule has 2 N–H and O–H groups in total. The van der Waals surface area contributed by atoms with Gasteiger partial charge in [0.25, 0.3) is 15.9 Å². The van der Waals surface area contributed by atoms with Crippen molar-refractivity contribution in [1.29, 1.82) is 0 Å². The SMILES string of the molecule is CC(C)(C)SCCNC(=O)c1ccc(NS(=O)(=O)c2ccccc2)c(Cl)c1. The monoisotopic (exact) mass is 426 g/mol. The van der Waals surface area contributed by atoms with Gasteiger partial charge in [0, 0.05) is 22.6 Å². The summed E-state index contributed by atoms with van der Waals surface area (Å²) in [6.45, 7) is 6.90. The van der Waals surface area contributed by atoms with Crippen LogP contribution in [0.3, 0.4) is 0 Å². The van der Waals surface area contributed by atoms with Crippen LogP contribution in [0.2, 0.25) is 5.02 Å². The van der Waals surface area contributed by atoms with E-state index in [1.807, 2.05) is 0 Å². The third-order valence-electron chi connectivity index (χ3n) is 3.45. The average molecular weight is 427 g/mol. The molecule has 0 aromatic heterocycles. The maximum absolute atomic E-state index is 12.4. The summed E-state index contributed by atoms with van der Waals surface area (Å²) >= 11 is 7.94. The van der Waals surface area contributed by atoms with Crippen molar-refractivity contribution in [3.63, 3.8) is 0 Å². The molecule has 1 amide bonds. The third kappa shape index (κ3) is 6.75. The molecule has 0 spiro atoms. The summed E-state index contributed by atoms with van der Waals surface area (Å²) in [6, 6.07) is 12.5. The van der Waals surface area contributed by atoms with Gasteiger partial charge in [-0.25, -0.2) is 8.42 Å². The van der Waals surface area contributed by atoms with Crippen molar-refractivity contribution in [2.45, 2.75) is 30.4 Å². The van der Waals surface area contributed by atoms with Crippen LogP contribution in [-0.2, 0) is 10.0 Å². The van der Waals surface area contributed by atoms with Crippen LogP contribution in [-0.4, -0.2) is 31.4 Å². The number of rotatable bonds is 7. The highest BCUT2D eigenvalue weighted by molar-refractivity contribution is 8.00. The molecule has 0 radical (unpaired) electrons. The number of anilines is 1. The number of halogens is 1. The quantitative estimate of drug-likeness (QED) is 0.643. The Kier molecular flexibility index (Phi) is 7.19. The van der Waals surface area contributed by atoms with Crippen molar-refractivity contribution in [1.82, 2.24) is 5.32 Å². The molecule has 0 aliphatic carbocycles. The van der Waals surface area contributed by atoms with Gasteiger partial charge < -0.3 is 5.32 Å². The zero-order valence-corrected chi connectivity index (χ0v) is 17.8. The van der Waals surface area contributed by atoms with E-state index in [0.29, 0.717) is 12.1 Å². The minimum Gasteiger partial charge on any atom is -0.351 e. The van der Waals surface area contributed by atoms with Gasteiger partial charge in [-0.15, -0.1) is 0 Å². The first-order valence-electron chi connectivity index (χ1n) is 8.38. The molecule has 2 rings (SSSR count). The first-order chi connectivity index (χ1) is 12.6. The maximum atomic E-state index is 12.4. The van der Waals surface area contributed by atoms with E-state index in [9.17, 15) is 13.2 Å². The fraction of sp³-hybridized carbons (Fsp3) is 0.316. The predicted octanol–water partition coefficient (Wildman–Crippen LogP) is 4.40. The molecule has 0 heterocycles. The van der Waals surface area contributed by atoms with E-state index in [2.05, 4.69) is 30.8 Å². The van der Waals surface area contributed by atoms with Crippen LogP contribution in [0.4, 0.5) is 5.69 Å². The number of sulfonamides is 1. The molecule has 0 atom stereocenters. The van der Waals surface area contributed by atoms with Gasteiger partial charge in [-0.1, -0.05) is 50.6 Å². The van der Waals surface area contributed by atoms with E-state index in [-0.39, 0.29) is 26.3 Å². The molecular weight excluding hydrogens is 404 g/mol. The summed E-state index contributed by atoms with van der Waals surface area (Å²) in [5, 5.41) is 2.99. The van der Waals surface area contributed by atoms with Gasteiger partial charge in [-0.2, -0.15) is 11.8 Å². The molecule has 8 heteroatoms. The van der Waals surface area contributed by atoms with Crippen LogP contribution in [0.25, 0.3) is 0 Å².